The summed E-state index contributed by atoms with van der Waals surface area (Å²) in [5.41, 5.74) is 12.5. The van der Waals surface area contributed by atoms with E-state index >= 15 is 0 Å². The van der Waals surface area contributed by atoms with Crippen molar-refractivity contribution in [2.75, 3.05) is 0 Å². The number of nitrogens with zero attached hydrogens (tertiary/aromatic N) is 6. The van der Waals surface area contributed by atoms with Crippen LogP contribution >= 0.6 is 0 Å². The van der Waals surface area contributed by atoms with Gasteiger partial charge in [0.05, 0.1) is 50.7 Å². The fourth-order valence-corrected chi connectivity index (χ4v) is 6.17. The number of pyridine rings is 5. The van der Waals surface area contributed by atoms with Gasteiger partial charge < -0.3 is 0 Å². The molecule has 6 aromatic heterocycles. The quantitative estimate of drug-likeness (QED) is 0.196. The van der Waals surface area contributed by atoms with E-state index in [1.807, 2.05) is 53.0 Å². The Morgan fingerprint density at radius 2 is 1.06 bits per heavy atom. The van der Waals surface area contributed by atoms with Gasteiger partial charge in [0.2, 0.25) is 0 Å². The third-order valence-corrected chi connectivity index (χ3v) is 8.54. The molecule has 0 unspecified atom stereocenters. The van der Waals surface area contributed by atoms with Crippen LogP contribution in [0.4, 0.5) is 0 Å². The summed E-state index contributed by atoms with van der Waals surface area (Å²) >= 11 is 0. The Kier molecular flexibility index (Phi) is 6.35. The molecule has 0 spiro atoms. The minimum Gasteiger partial charge on any atom is -0.255 e. The first kappa shape index (κ1) is 26.8. The van der Waals surface area contributed by atoms with E-state index in [0.29, 0.717) is 0 Å². The molecule has 6 nitrogen and oxygen atoms in total. The maximum atomic E-state index is 5.11. The van der Waals surface area contributed by atoms with E-state index in [9.17, 15) is 0 Å². The molecule has 0 aliphatic carbocycles. The van der Waals surface area contributed by atoms with Gasteiger partial charge in [-0.2, -0.15) is 5.10 Å². The van der Waals surface area contributed by atoms with Crippen molar-refractivity contribution in [2.45, 2.75) is 0 Å². The molecule has 0 radical (unpaired) electrons. The lowest BCUT2D eigenvalue weighted by molar-refractivity contribution is 0.984. The molecule has 9 rings (SSSR count). The van der Waals surface area contributed by atoms with Gasteiger partial charge in [0.15, 0.2) is 0 Å². The fourth-order valence-electron chi connectivity index (χ4n) is 6.17. The Bertz CT molecular complexity index is 2500. The Labute approximate surface area is 270 Å². The van der Waals surface area contributed by atoms with Gasteiger partial charge in [-0.25, -0.2) is 14.5 Å². The molecular formula is C41H26N6. The van der Waals surface area contributed by atoms with Crippen LogP contribution in [0.2, 0.25) is 0 Å². The Balaban J connectivity index is 1.08. The highest BCUT2D eigenvalue weighted by molar-refractivity contribution is 5.95. The van der Waals surface area contributed by atoms with Crippen molar-refractivity contribution >= 4 is 27.3 Å². The van der Waals surface area contributed by atoms with Crippen molar-refractivity contribution in [3.8, 4) is 56.4 Å². The van der Waals surface area contributed by atoms with E-state index in [1.54, 1.807) is 12.4 Å². The highest BCUT2D eigenvalue weighted by Gasteiger charge is 2.13. The first-order valence-corrected chi connectivity index (χ1v) is 15.5. The van der Waals surface area contributed by atoms with E-state index < -0.39 is 0 Å². The molecule has 0 atom stereocenters. The summed E-state index contributed by atoms with van der Waals surface area (Å²) in [7, 11) is 0. The maximum Gasteiger partial charge on any atom is 0.0934 e. The highest BCUT2D eigenvalue weighted by atomic mass is 15.2. The SMILES string of the molecule is c1ccc(-c2cc(-c3ccc(-c4ccc5ccc(-c6cccc7c8ccccc8nn67)nc5c4)cc3)cc(-c3ccccn3)n2)nc1. The van der Waals surface area contributed by atoms with E-state index in [1.165, 1.54) is 0 Å². The van der Waals surface area contributed by atoms with Crippen LogP contribution in [-0.4, -0.2) is 29.5 Å². The molecule has 47 heavy (non-hydrogen) atoms. The van der Waals surface area contributed by atoms with Gasteiger partial charge in [0, 0.05) is 23.2 Å². The largest absolute Gasteiger partial charge is 0.255 e. The summed E-state index contributed by atoms with van der Waals surface area (Å²) < 4.78 is 2.00. The van der Waals surface area contributed by atoms with E-state index in [2.05, 4.69) is 107 Å². The highest BCUT2D eigenvalue weighted by Crippen LogP contribution is 2.32. The lowest BCUT2D eigenvalue weighted by Crippen LogP contribution is -1.95. The van der Waals surface area contributed by atoms with E-state index in [-0.39, 0.29) is 0 Å². The molecule has 3 aromatic carbocycles. The van der Waals surface area contributed by atoms with Gasteiger partial charge in [0.1, 0.15) is 0 Å². The molecule has 0 aliphatic heterocycles. The van der Waals surface area contributed by atoms with Crippen LogP contribution in [-0.2, 0) is 0 Å². The molecule has 0 aliphatic rings. The number of aromatic nitrogens is 6. The smallest absolute Gasteiger partial charge is 0.0934 e. The second kappa shape index (κ2) is 11.1. The van der Waals surface area contributed by atoms with Crippen molar-refractivity contribution < 1.29 is 0 Å². The predicted octanol–water partition coefficient (Wildman–Crippen LogP) is 9.56. The van der Waals surface area contributed by atoms with Gasteiger partial charge in [-0.15, -0.1) is 0 Å². The van der Waals surface area contributed by atoms with Gasteiger partial charge >= 0.3 is 0 Å². The summed E-state index contributed by atoms with van der Waals surface area (Å²) in [5, 5.41) is 7.10. The van der Waals surface area contributed by atoms with Gasteiger partial charge in [-0.1, -0.05) is 78.9 Å². The Hall–Kier alpha value is -6.53. The lowest BCUT2D eigenvalue weighted by Gasteiger charge is -2.11. The zero-order chi connectivity index (χ0) is 31.2. The zero-order valence-corrected chi connectivity index (χ0v) is 25.2. The van der Waals surface area contributed by atoms with Crippen LogP contribution in [0.1, 0.15) is 0 Å². The van der Waals surface area contributed by atoms with Crippen LogP contribution in [0.25, 0.3) is 83.7 Å². The maximum absolute atomic E-state index is 5.11. The Morgan fingerprint density at radius 3 is 1.79 bits per heavy atom. The monoisotopic (exact) mass is 602 g/mol. The fraction of sp³-hybridized carbons (Fsp3) is 0. The molecule has 0 saturated carbocycles. The van der Waals surface area contributed by atoms with Crippen LogP contribution in [0.5, 0.6) is 0 Å². The van der Waals surface area contributed by atoms with E-state index in [4.69, 9.17) is 15.1 Å². The molecule has 0 fully saturated rings. The van der Waals surface area contributed by atoms with Crippen LogP contribution in [0.15, 0.2) is 158 Å². The summed E-state index contributed by atoms with van der Waals surface area (Å²) in [4.78, 5) is 19.1. The Morgan fingerprint density at radius 1 is 0.404 bits per heavy atom. The summed E-state index contributed by atoms with van der Waals surface area (Å²) in [6, 6.07) is 49.7. The molecule has 6 heterocycles. The minimum atomic E-state index is 0.808. The average Bonchev–Trinajstić information content (AvgIpc) is 3.54. The van der Waals surface area contributed by atoms with Crippen molar-refractivity contribution in [3.05, 3.63) is 158 Å². The minimum absolute atomic E-state index is 0.808. The summed E-state index contributed by atoms with van der Waals surface area (Å²) in [6.07, 6.45) is 3.58. The van der Waals surface area contributed by atoms with Crippen LogP contribution < -0.4 is 0 Å². The zero-order valence-electron chi connectivity index (χ0n) is 25.2. The normalized spacial score (nSPS) is 11.4. The molecular weight excluding hydrogens is 576 g/mol. The number of fused-ring (bicyclic) bond motifs is 4. The summed E-state index contributed by atoms with van der Waals surface area (Å²) in [5.74, 6) is 0. The average molecular weight is 603 g/mol. The van der Waals surface area contributed by atoms with Crippen LogP contribution in [0.3, 0.4) is 0 Å². The molecule has 0 saturated heterocycles. The second-order valence-electron chi connectivity index (χ2n) is 11.5. The number of rotatable bonds is 5. The first-order valence-electron chi connectivity index (χ1n) is 15.5. The lowest BCUT2D eigenvalue weighted by atomic mass is 9.98. The van der Waals surface area contributed by atoms with Crippen LogP contribution in [0, 0.1) is 0 Å². The third-order valence-electron chi connectivity index (χ3n) is 8.54. The van der Waals surface area contributed by atoms with Gasteiger partial charge in [-0.3, -0.25) is 9.97 Å². The first-order chi connectivity index (χ1) is 23.3. The van der Waals surface area contributed by atoms with Crippen molar-refractivity contribution in [1.82, 2.24) is 29.5 Å². The standard InChI is InChI=1S/C41H26N6/c1-2-9-33-32(8-1)40-12-7-13-41(47(40)46-33)36-21-20-29-18-19-30(24-37(29)44-36)27-14-16-28(17-15-27)31-25-38(34-10-3-5-22-42-34)45-39(26-31)35-11-4-6-23-43-35/h1-26H. The molecule has 0 amide bonds. The van der Waals surface area contributed by atoms with Crippen molar-refractivity contribution in [1.29, 1.82) is 0 Å². The van der Waals surface area contributed by atoms with Gasteiger partial charge in [0.25, 0.3) is 0 Å². The van der Waals surface area contributed by atoms with Gasteiger partial charge in [-0.05, 0) is 89.0 Å². The predicted molar refractivity (Wildman–Crippen MR) is 189 cm³/mol. The second-order valence-corrected chi connectivity index (χ2v) is 11.5. The number of hydrogen-bond donors (Lipinski definition) is 0. The number of hydrogen-bond acceptors (Lipinski definition) is 5. The van der Waals surface area contributed by atoms with E-state index in [0.717, 1.165) is 83.7 Å². The molecule has 0 N–H and O–H groups in total. The molecule has 220 valence electrons. The molecule has 9 aromatic rings. The van der Waals surface area contributed by atoms with Crippen molar-refractivity contribution in [3.63, 3.8) is 0 Å². The molecule has 6 heteroatoms. The topological polar surface area (TPSA) is 68.9 Å². The third kappa shape index (κ3) is 4.89. The number of benzene rings is 3. The molecule has 0 bridgehead atoms. The summed E-state index contributed by atoms with van der Waals surface area (Å²) in [6.45, 7) is 0. The van der Waals surface area contributed by atoms with Crippen molar-refractivity contribution in [2.24, 2.45) is 0 Å².